The molecule has 0 radical (unpaired) electrons. The van der Waals surface area contributed by atoms with Gasteiger partial charge >= 0.3 is 0 Å². The summed E-state index contributed by atoms with van der Waals surface area (Å²) in [5.74, 6) is 0.954. The van der Waals surface area contributed by atoms with Gasteiger partial charge in [0, 0.05) is 6.04 Å². The lowest BCUT2D eigenvalue weighted by molar-refractivity contribution is 0.261. The highest BCUT2D eigenvalue weighted by Gasteiger charge is 2.06. The van der Waals surface area contributed by atoms with Gasteiger partial charge in [0.15, 0.2) is 0 Å². The lowest BCUT2D eigenvalue weighted by Gasteiger charge is -2.17. The van der Waals surface area contributed by atoms with E-state index in [1.54, 1.807) is 0 Å². The fourth-order valence-electron chi connectivity index (χ4n) is 2.12. The molecular weight excluding hydrogens is 234 g/mol. The van der Waals surface area contributed by atoms with Crippen LogP contribution >= 0.6 is 0 Å². The van der Waals surface area contributed by atoms with Crippen LogP contribution in [0.1, 0.15) is 26.7 Å². The van der Waals surface area contributed by atoms with Crippen molar-refractivity contribution >= 4 is 10.8 Å². The summed E-state index contributed by atoms with van der Waals surface area (Å²) in [6.07, 6.45) is 2.25. The van der Waals surface area contributed by atoms with E-state index in [4.69, 9.17) is 4.74 Å². The van der Waals surface area contributed by atoms with Crippen LogP contribution in [-0.2, 0) is 0 Å². The van der Waals surface area contributed by atoms with E-state index in [9.17, 15) is 0 Å². The standard InChI is InChI=1S/C17H23NO/c1-3-11-18-16(4-2)13-19-17-10-9-14-7-5-6-8-15(14)12-17/h5-10,12,16,18H,3-4,11,13H2,1-2H3. The molecule has 2 heteroatoms. The van der Waals surface area contributed by atoms with Crippen molar-refractivity contribution in [3.63, 3.8) is 0 Å². The van der Waals surface area contributed by atoms with Crippen LogP contribution in [0, 0.1) is 0 Å². The lowest BCUT2D eigenvalue weighted by atomic mass is 10.1. The fraction of sp³-hybridized carbons (Fsp3) is 0.412. The summed E-state index contributed by atoms with van der Waals surface area (Å²) in [5, 5.41) is 5.99. The highest BCUT2D eigenvalue weighted by Crippen LogP contribution is 2.20. The Balaban J connectivity index is 1.96. The van der Waals surface area contributed by atoms with Crippen molar-refractivity contribution in [3.05, 3.63) is 42.5 Å². The summed E-state index contributed by atoms with van der Waals surface area (Å²) >= 11 is 0. The first-order valence-electron chi connectivity index (χ1n) is 7.18. The molecule has 1 unspecified atom stereocenters. The lowest BCUT2D eigenvalue weighted by Crippen LogP contribution is -2.34. The Bertz CT molecular complexity index is 509. The smallest absolute Gasteiger partial charge is 0.120 e. The number of hydrogen-bond acceptors (Lipinski definition) is 2. The maximum atomic E-state index is 5.90. The van der Waals surface area contributed by atoms with Gasteiger partial charge in [0.2, 0.25) is 0 Å². The highest BCUT2D eigenvalue weighted by atomic mass is 16.5. The van der Waals surface area contributed by atoms with Crippen LogP contribution in [0.25, 0.3) is 10.8 Å². The van der Waals surface area contributed by atoms with Crippen molar-refractivity contribution in [1.29, 1.82) is 0 Å². The zero-order valence-corrected chi connectivity index (χ0v) is 11.9. The van der Waals surface area contributed by atoms with Gasteiger partial charge in [0.1, 0.15) is 12.4 Å². The number of hydrogen-bond donors (Lipinski definition) is 1. The zero-order valence-electron chi connectivity index (χ0n) is 11.9. The van der Waals surface area contributed by atoms with Gasteiger partial charge in [-0.25, -0.2) is 0 Å². The summed E-state index contributed by atoms with van der Waals surface area (Å²) in [5.41, 5.74) is 0. The van der Waals surface area contributed by atoms with Gasteiger partial charge in [-0.05, 0) is 42.3 Å². The molecule has 2 aromatic rings. The molecule has 0 spiro atoms. The van der Waals surface area contributed by atoms with E-state index in [2.05, 4.69) is 61.6 Å². The van der Waals surface area contributed by atoms with Crippen molar-refractivity contribution in [3.8, 4) is 5.75 Å². The predicted molar refractivity (Wildman–Crippen MR) is 81.8 cm³/mol. The Labute approximate surface area is 115 Å². The summed E-state index contributed by atoms with van der Waals surface area (Å²) in [4.78, 5) is 0. The predicted octanol–water partition coefficient (Wildman–Crippen LogP) is 4.00. The van der Waals surface area contributed by atoms with Gasteiger partial charge in [0.25, 0.3) is 0 Å². The van der Waals surface area contributed by atoms with Gasteiger partial charge in [-0.15, -0.1) is 0 Å². The quantitative estimate of drug-likeness (QED) is 0.809. The van der Waals surface area contributed by atoms with E-state index in [-0.39, 0.29) is 0 Å². The summed E-state index contributed by atoms with van der Waals surface area (Å²) in [6.45, 7) is 6.16. The monoisotopic (exact) mass is 257 g/mol. The first-order chi connectivity index (χ1) is 9.33. The maximum Gasteiger partial charge on any atom is 0.120 e. The second kappa shape index (κ2) is 7.15. The van der Waals surface area contributed by atoms with E-state index >= 15 is 0 Å². The molecule has 19 heavy (non-hydrogen) atoms. The first kappa shape index (κ1) is 13.9. The minimum absolute atomic E-state index is 0.437. The molecule has 1 N–H and O–H groups in total. The second-order valence-corrected chi connectivity index (χ2v) is 4.88. The van der Waals surface area contributed by atoms with Crippen LogP contribution in [0.3, 0.4) is 0 Å². The van der Waals surface area contributed by atoms with Crippen molar-refractivity contribution in [2.75, 3.05) is 13.2 Å². The molecule has 0 bridgehead atoms. The Morgan fingerprint density at radius 2 is 1.84 bits per heavy atom. The summed E-state index contributed by atoms with van der Waals surface area (Å²) in [7, 11) is 0. The van der Waals surface area contributed by atoms with Crippen molar-refractivity contribution in [1.82, 2.24) is 5.32 Å². The average molecular weight is 257 g/mol. The van der Waals surface area contributed by atoms with E-state index in [0.717, 1.165) is 31.7 Å². The van der Waals surface area contributed by atoms with Gasteiger partial charge in [-0.1, -0.05) is 44.2 Å². The number of ether oxygens (including phenoxy) is 1. The van der Waals surface area contributed by atoms with Crippen LogP contribution in [0.5, 0.6) is 5.75 Å². The van der Waals surface area contributed by atoms with Crippen LogP contribution in [0.2, 0.25) is 0 Å². The van der Waals surface area contributed by atoms with Crippen molar-refractivity contribution < 1.29 is 4.74 Å². The van der Waals surface area contributed by atoms with Crippen LogP contribution in [-0.4, -0.2) is 19.2 Å². The third-order valence-electron chi connectivity index (χ3n) is 3.35. The SMILES string of the molecule is CCCNC(CC)COc1ccc2ccccc2c1. The number of fused-ring (bicyclic) bond motifs is 1. The third-order valence-corrected chi connectivity index (χ3v) is 3.35. The molecule has 2 nitrogen and oxygen atoms in total. The van der Waals surface area contributed by atoms with Gasteiger partial charge in [-0.2, -0.15) is 0 Å². The molecule has 0 aromatic heterocycles. The normalized spacial score (nSPS) is 12.5. The summed E-state index contributed by atoms with van der Waals surface area (Å²) < 4.78 is 5.90. The fourth-order valence-corrected chi connectivity index (χ4v) is 2.12. The number of nitrogens with one attached hydrogen (secondary N) is 1. The molecule has 2 aromatic carbocycles. The molecule has 0 aliphatic heterocycles. The second-order valence-electron chi connectivity index (χ2n) is 4.88. The first-order valence-corrected chi connectivity index (χ1v) is 7.18. The largest absolute Gasteiger partial charge is 0.492 e. The van der Waals surface area contributed by atoms with Crippen LogP contribution < -0.4 is 10.1 Å². The van der Waals surface area contributed by atoms with E-state index in [1.165, 1.54) is 10.8 Å². The minimum atomic E-state index is 0.437. The maximum absolute atomic E-state index is 5.90. The van der Waals surface area contributed by atoms with Crippen molar-refractivity contribution in [2.45, 2.75) is 32.7 Å². The number of benzene rings is 2. The van der Waals surface area contributed by atoms with E-state index in [0.29, 0.717) is 6.04 Å². The molecule has 2 rings (SSSR count). The number of rotatable bonds is 7. The third kappa shape index (κ3) is 3.97. The molecule has 0 heterocycles. The summed E-state index contributed by atoms with van der Waals surface area (Å²) in [6, 6.07) is 15.1. The Hall–Kier alpha value is -1.54. The average Bonchev–Trinajstić information content (AvgIpc) is 2.47. The Morgan fingerprint density at radius 3 is 2.58 bits per heavy atom. The Morgan fingerprint density at radius 1 is 1.05 bits per heavy atom. The zero-order chi connectivity index (χ0) is 13.5. The molecule has 0 amide bonds. The molecule has 0 saturated heterocycles. The van der Waals surface area contributed by atoms with E-state index in [1.807, 2.05) is 0 Å². The molecular formula is C17H23NO. The molecule has 0 aliphatic carbocycles. The Kier molecular flexibility index (Phi) is 5.22. The van der Waals surface area contributed by atoms with Crippen LogP contribution in [0.4, 0.5) is 0 Å². The molecule has 1 atom stereocenters. The van der Waals surface area contributed by atoms with Gasteiger partial charge in [0.05, 0.1) is 0 Å². The van der Waals surface area contributed by atoms with Crippen LogP contribution in [0.15, 0.2) is 42.5 Å². The van der Waals surface area contributed by atoms with Gasteiger partial charge < -0.3 is 10.1 Å². The minimum Gasteiger partial charge on any atom is -0.492 e. The highest BCUT2D eigenvalue weighted by molar-refractivity contribution is 5.83. The molecule has 0 fully saturated rings. The molecule has 0 aliphatic rings. The molecule has 102 valence electrons. The molecule has 0 saturated carbocycles. The van der Waals surface area contributed by atoms with E-state index < -0.39 is 0 Å². The van der Waals surface area contributed by atoms with Gasteiger partial charge in [-0.3, -0.25) is 0 Å². The van der Waals surface area contributed by atoms with Crippen molar-refractivity contribution in [2.24, 2.45) is 0 Å². The topological polar surface area (TPSA) is 21.3 Å².